The zero-order chi connectivity index (χ0) is 15.8. The molecule has 1 amide bonds. The number of aromatic carboxylic acids is 1. The molecule has 116 valence electrons. The second-order valence-corrected chi connectivity index (χ2v) is 4.65. The minimum Gasteiger partial charge on any atom is -0.507 e. The molecule has 0 aliphatic heterocycles. The molecule has 1 aromatic carbocycles. The molecule has 1 aromatic rings. The average molecular weight is 296 g/mol. The molecule has 0 atom stereocenters. The second kappa shape index (κ2) is 8.11. The van der Waals surface area contributed by atoms with Gasteiger partial charge in [0.05, 0.1) is 0 Å². The van der Waals surface area contributed by atoms with Gasteiger partial charge in [0.2, 0.25) is 5.91 Å². The average Bonchev–Trinajstić information content (AvgIpc) is 2.42. The molecule has 0 aliphatic carbocycles. The molecule has 0 aromatic heterocycles. The largest absolute Gasteiger partial charge is 0.507 e. The van der Waals surface area contributed by atoms with Crippen molar-refractivity contribution >= 4 is 11.9 Å². The third kappa shape index (κ3) is 4.96. The van der Waals surface area contributed by atoms with Crippen LogP contribution in [0.1, 0.15) is 41.6 Å². The van der Waals surface area contributed by atoms with Crippen LogP contribution in [-0.2, 0) is 11.3 Å². The maximum Gasteiger partial charge on any atom is 0.343 e. The molecule has 0 fully saturated rings. The van der Waals surface area contributed by atoms with E-state index in [1.807, 2.05) is 0 Å². The van der Waals surface area contributed by atoms with Gasteiger partial charge in [-0.2, -0.15) is 0 Å². The molecular weight excluding hydrogens is 276 g/mol. The van der Waals surface area contributed by atoms with E-state index >= 15 is 0 Å². The van der Waals surface area contributed by atoms with Gasteiger partial charge in [-0.25, -0.2) is 4.79 Å². The minimum atomic E-state index is -1.43. The number of nitrogens with two attached hydrogens (primary N) is 1. The number of amides is 1. The lowest BCUT2D eigenvalue weighted by Gasteiger charge is -2.10. The van der Waals surface area contributed by atoms with Crippen LogP contribution in [0, 0.1) is 0 Å². The van der Waals surface area contributed by atoms with Crippen molar-refractivity contribution in [2.24, 2.45) is 5.73 Å². The van der Waals surface area contributed by atoms with E-state index in [1.165, 1.54) is 12.1 Å². The number of hydrogen-bond donors (Lipinski definition) is 5. The lowest BCUT2D eigenvalue weighted by atomic mass is 10.1. The van der Waals surface area contributed by atoms with Crippen molar-refractivity contribution in [2.45, 2.75) is 32.2 Å². The van der Waals surface area contributed by atoms with Gasteiger partial charge in [0.25, 0.3) is 0 Å². The lowest BCUT2D eigenvalue weighted by Crippen LogP contribution is -2.22. The first kappa shape index (κ1) is 16.8. The van der Waals surface area contributed by atoms with E-state index in [-0.39, 0.29) is 18.0 Å². The van der Waals surface area contributed by atoms with E-state index < -0.39 is 23.0 Å². The highest BCUT2D eigenvalue weighted by atomic mass is 16.4. The van der Waals surface area contributed by atoms with Gasteiger partial charge in [0.15, 0.2) is 0 Å². The van der Waals surface area contributed by atoms with Crippen LogP contribution >= 0.6 is 0 Å². The van der Waals surface area contributed by atoms with E-state index in [4.69, 9.17) is 10.8 Å². The van der Waals surface area contributed by atoms with Crippen LogP contribution < -0.4 is 11.1 Å². The van der Waals surface area contributed by atoms with Crippen LogP contribution in [0.2, 0.25) is 0 Å². The Morgan fingerprint density at radius 1 is 1.14 bits per heavy atom. The normalized spacial score (nSPS) is 10.3. The Kier molecular flexibility index (Phi) is 6.48. The predicted octanol–water partition coefficient (Wildman–Crippen LogP) is 0.931. The molecule has 7 heteroatoms. The van der Waals surface area contributed by atoms with Crippen LogP contribution in [0.15, 0.2) is 12.1 Å². The number of unbranched alkanes of at least 4 members (excludes halogenated alkanes) is 2. The Hall–Kier alpha value is -2.28. The highest BCUT2D eigenvalue weighted by Crippen LogP contribution is 2.30. The van der Waals surface area contributed by atoms with Gasteiger partial charge < -0.3 is 26.4 Å². The molecule has 0 saturated carbocycles. The van der Waals surface area contributed by atoms with Crippen LogP contribution in [0.3, 0.4) is 0 Å². The Morgan fingerprint density at radius 2 is 1.86 bits per heavy atom. The summed E-state index contributed by atoms with van der Waals surface area (Å²) in [4.78, 5) is 22.5. The fourth-order valence-corrected chi connectivity index (χ4v) is 1.87. The van der Waals surface area contributed by atoms with Crippen LogP contribution in [0.5, 0.6) is 11.5 Å². The first-order valence-corrected chi connectivity index (χ1v) is 6.71. The molecule has 21 heavy (non-hydrogen) atoms. The van der Waals surface area contributed by atoms with E-state index in [9.17, 15) is 19.8 Å². The van der Waals surface area contributed by atoms with Crippen molar-refractivity contribution in [1.82, 2.24) is 5.32 Å². The summed E-state index contributed by atoms with van der Waals surface area (Å²) in [5, 5.41) is 30.7. The van der Waals surface area contributed by atoms with Gasteiger partial charge in [0, 0.05) is 18.5 Å². The number of phenols is 2. The molecule has 0 saturated heterocycles. The number of benzene rings is 1. The Labute approximate surface area is 122 Å². The standard InChI is InChI=1S/C14H20N2O5/c15-7-3-1-2-4-11(18)16-8-9-5-6-10(17)12(13(9)19)14(20)21/h5-6,17,19H,1-4,7-8,15H2,(H,16,18)(H,20,21). The predicted molar refractivity (Wildman–Crippen MR) is 76.1 cm³/mol. The summed E-state index contributed by atoms with van der Waals surface area (Å²) in [5.41, 5.74) is 5.02. The molecule has 0 aliphatic rings. The topological polar surface area (TPSA) is 133 Å². The van der Waals surface area contributed by atoms with Crippen molar-refractivity contribution in [3.05, 3.63) is 23.3 Å². The quantitative estimate of drug-likeness (QED) is 0.453. The number of hydrogen-bond acceptors (Lipinski definition) is 5. The fourth-order valence-electron chi connectivity index (χ4n) is 1.87. The maximum atomic E-state index is 11.6. The monoisotopic (exact) mass is 296 g/mol. The first-order chi connectivity index (χ1) is 9.97. The van der Waals surface area contributed by atoms with Gasteiger partial charge in [0.1, 0.15) is 17.1 Å². The molecule has 0 unspecified atom stereocenters. The van der Waals surface area contributed by atoms with E-state index in [1.54, 1.807) is 0 Å². The van der Waals surface area contributed by atoms with Crippen LogP contribution in [-0.4, -0.2) is 33.7 Å². The van der Waals surface area contributed by atoms with Gasteiger partial charge in [-0.15, -0.1) is 0 Å². The SMILES string of the molecule is NCCCCCC(=O)NCc1ccc(O)c(C(=O)O)c1O. The molecule has 0 bridgehead atoms. The molecule has 0 radical (unpaired) electrons. The summed E-state index contributed by atoms with van der Waals surface area (Å²) < 4.78 is 0. The Morgan fingerprint density at radius 3 is 2.48 bits per heavy atom. The Balaban J connectivity index is 2.58. The zero-order valence-corrected chi connectivity index (χ0v) is 11.6. The third-order valence-corrected chi connectivity index (χ3v) is 3.04. The number of carbonyl (C=O) groups is 2. The molecule has 6 N–H and O–H groups in total. The Bertz CT molecular complexity index is 516. The van der Waals surface area contributed by atoms with E-state index in [0.29, 0.717) is 13.0 Å². The van der Waals surface area contributed by atoms with Gasteiger partial charge >= 0.3 is 5.97 Å². The van der Waals surface area contributed by atoms with E-state index in [2.05, 4.69) is 5.32 Å². The summed E-state index contributed by atoms with van der Waals surface area (Å²) in [6.07, 6.45) is 2.82. The fraction of sp³-hybridized carbons (Fsp3) is 0.429. The zero-order valence-electron chi connectivity index (χ0n) is 11.6. The summed E-state index contributed by atoms with van der Waals surface area (Å²) in [5.74, 6) is -2.67. The molecule has 0 spiro atoms. The summed E-state index contributed by atoms with van der Waals surface area (Å²) >= 11 is 0. The number of carboxylic acids is 1. The molecule has 1 rings (SSSR count). The van der Waals surface area contributed by atoms with Crippen molar-refractivity contribution in [1.29, 1.82) is 0 Å². The second-order valence-electron chi connectivity index (χ2n) is 4.65. The van der Waals surface area contributed by atoms with Crippen molar-refractivity contribution in [3.63, 3.8) is 0 Å². The van der Waals surface area contributed by atoms with Crippen LogP contribution in [0.4, 0.5) is 0 Å². The lowest BCUT2D eigenvalue weighted by molar-refractivity contribution is -0.121. The summed E-state index contributed by atoms with van der Waals surface area (Å²) in [6.45, 7) is 0.600. The van der Waals surface area contributed by atoms with Gasteiger partial charge in [-0.1, -0.05) is 6.42 Å². The van der Waals surface area contributed by atoms with Crippen LogP contribution in [0.25, 0.3) is 0 Å². The number of nitrogens with one attached hydrogen (secondary N) is 1. The number of aromatic hydroxyl groups is 2. The summed E-state index contributed by atoms with van der Waals surface area (Å²) in [6, 6.07) is 2.54. The van der Waals surface area contributed by atoms with Crippen molar-refractivity contribution in [3.8, 4) is 11.5 Å². The first-order valence-electron chi connectivity index (χ1n) is 6.71. The smallest absolute Gasteiger partial charge is 0.343 e. The maximum absolute atomic E-state index is 11.6. The number of carboxylic acid groups (broad SMARTS) is 1. The third-order valence-electron chi connectivity index (χ3n) is 3.04. The highest BCUT2D eigenvalue weighted by Gasteiger charge is 2.18. The molecule has 7 nitrogen and oxygen atoms in total. The molecular formula is C14H20N2O5. The van der Waals surface area contributed by atoms with Crippen molar-refractivity contribution in [2.75, 3.05) is 6.54 Å². The number of carbonyl (C=O) groups excluding carboxylic acids is 1. The minimum absolute atomic E-state index is 0.00210. The summed E-state index contributed by atoms with van der Waals surface area (Å²) in [7, 11) is 0. The van der Waals surface area contributed by atoms with Gasteiger partial charge in [-0.05, 0) is 31.5 Å². The van der Waals surface area contributed by atoms with Gasteiger partial charge in [-0.3, -0.25) is 4.79 Å². The van der Waals surface area contributed by atoms with E-state index in [0.717, 1.165) is 19.3 Å². The highest BCUT2D eigenvalue weighted by molar-refractivity contribution is 5.94. The molecule has 0 heterocycles. The number of rotatable bonds is 8. The van der Waals surface area contributed by atoms with Crippen molar-refractivity contribution < 1.29 is 24.9 Å².